The Hall–Kier alpha value is -1.96. The zero-order chi connectivity index (χ0) is 10.5. The summed E-state index contributed by atoms with van der Waals surface area (Å²) in [6.07, 6.45) is 3.98. The van der Waals surface area contributed by atoms with Gasteiger partial charge in [-0.25, -0.2) is 0 Å². The van der Waals surface area contributed by atoms with E-state index in [-0.39, 0.29) is 0 Å². The molecule has 2 aliphatic heterocycles. The van der Waals surface area contributed by atoms with Gasteiger partial charge < -0.3 is 0 Å². The van der Waals surface area contributed by atoms with Crippen LogP contribution < -0.4 is 0 Å². The van der Waals surface area contributed by atoms with Crippen molar-refractivity contribution in [3.05, 3.63) is 46.5 Å². The maximum Gasteiger partial charge on any atom is 0.0646 e. The second kappa shape index (κ2) is 2.79. The lowest BCUT2D eigenvalue weighted by molar-refractivity contribution is 1.05. The van der Waals surface area contributed by atoms with Gasteiger partial charge in [0.2, 0.25) is 0 Å². The van der Waals surface area contributed by atoms with E-state index in [9.17, 15) is 0 Å². The van der Waals surface area contributed by atoms with Crippen LogP contribution in [0, 0.1) is 0 Å². The summed E-state index contributed by atoms with van der Waals surface area (Å²) < 4.78 is 0. The Labute approximate surface area is 93.4 Å². The van der Waals surface area contributed by atoms with Gasteiger partial charge >= 0.3 is 0 Å². The van der Waals surface area contributed by atoms with Crippen molar-refractivity contribution in [3.63, 3.8) is 0 Å². The fraction of sp³-hybridized carbons (Fsp3) is 0.143. The molecule has 76 valence electrons. The molecule has 0 amide bonds. The summed E-state index contributed by atoms with van der Waals surface area (Å²) in [5, 5.41) is 2.77. The van der Waals surface area contributed by atoms with Crippen molar-refractivity contribution >= 4 is 23.2 Å². The summed E-state index contributed by atoms with van der Waals surface area (Å²) in [6, 6.07) is 8.68. The van der Waals surface area contributed by atoms with Gasteiger partial charge in [-0.2, -0.15) is 0 Å². The summed E-state index contributed by atoms with van der Waals surface area (Å²) >= 11 is 0. The molecule has 0 saturated heterocycles. The molecule has 0 atom stereocenters. The van der Waals surface area contributed by atoms with Crippen LogP contribution in [0.25, 0.3) is 10.8 Å². The van der Waals surface area contributed by atoms with E-state index in [1.807, 2.05) is 12.4 Å². The van der Waals surface area contributed by atoms with Crippen molar-refractivity contribution in [2.45, 2.75) is 13.1 Å². The third-order valence-corrected chi connectivity index (χ3v) is 3.38. The molecule has 2 aliphatic rings. The summed E-state index contributed by atoms with van der Waals surface area (Å²) in [7, 11) is 0. The molecule has 0 aliphatic carbocycles. The van der Waals surface area contributed by atoms with E-state index in [4.69, 9.17) is 0 Å². The van der Waals surface area contributed by atoms with Crippen molar-refractivity contribution in [3.8, 4) is 0 Å². The average molecular weight is 206 g/mol. The fourth-order valence-corrected chi connectivity index (χ4v) is 2.66. The highest BCUT2D eigenvalue weighted by Crippen LogP contribution is 2.32. The lowest BCUT2D eigenvalue weighted by Crippen LogP contribution is -2.04. The number of nitrogens with zero attached hydrogens (tertiary/aromatic N) is 2. The molecule has 2 aromatic rings. The SMILES string of the molecule is C1=NCc2ccc3c4c(ccc1c24)C=NC3. The van der Waals surface area contributed by atoms with Gasteiger partial charge in [0.15, 0.2) is 0 Å². The maximum atomic E-state index is 4.39. The van der Waals surface area contributed by atoms with Gasteiger partial charge in [0.25, 0.3) is 0 Å². The molecule has 0 radical (unpaired) electrons. The predicted molar refractivity (Wildman–Crippen MR) is 66.5 cm³/mol. The first-order valence-corrected chi connectivity index (χ1v) is 5.50. The first-order chi connectivity index (χ1) is 7.93. The van der Waals surface area contributed by atoms with Gasteiger partial charge in [0.05, 0.1) is 13.1 Å². The highest BCUT2D eigenvalue weighted by Gasteiger charge is 2.16. The van der Waals surface area contributed by atoms with Crippen LogP contribution in [0.3, 0.4) is 0 Å². The minimum Gasteiger partial charge on any atom is -0.288 e. The topological polar surface area (TPSA) is 24.7 Å². The zero-order valence-electron chi connectivity index (χ0n) is 8.77. The van der Waals surface area contributed by atoms with E-state index in [1.54, 1.807) is 0 Å². The number of rotatable bonds is 0. The lowest BCUT2D eigenvalue weighted by Gasteiger charge is -2.18. The standard InChI is InChI=1S/C14H10N2/c1-2-10-6-16-8-12-4-3-11-7-15-5-9(1)13(11)14(10)12/h1-6H,7-8H2. The van der Waals surface area contributed by atoms with E-state index in [2.05, 4.69) is 34.3 Å². The normalized spacial score (nSPS) is 15.8. The molecule has 2 heterocycles. The van der Waals surface area contributed by atoms with Gasteiger partial charge in [-0.3, -0.25) is 9.98 Å². The van der Waals surface area contributed by atoms with Crippen LogP contribution in [-0.4, -0.2) is 12.4 Å². The Balaban J connectivity index is 2.29. The van der Waals surface area contributed by atoms with Crippen molar-refractivity contribution in [2.24, 2.45) is 9.98 Å². The summed E-state index contributed by atoms with van der Waals surface area (Å²) in [6.45, 7) is 1.62. The molecular weight excluding hydrogens is 196 g/mol. The summed E-state index contributed by atoms with van der Waals surface area (Å²) in [5.41, 5.74) is 5.18. The van der Waals surface area contributed by atoms with E-state index < -0.39 is 0 Å². The monoisotopic (exact) mass is 206 g/mol. The van der Waals surface area contributed by atoms with E-state index in [0.717, 1.165) is 13.1 Å². The third-order valence-electron chi connectivity index (χ3n) is 3.38. The molecular formula is C14H10N2. The minimum atomic E-state index is 0.810. The smallest absolute Gasteiger partial charge is 0.0646 e. The highest BCUT2D eigenvalue weighted by molar-refractivity contribution is 6.11. The van der Waals surface area contributed by atoms with Crippen molar-refractivity contribution in [1.29, 1.82) is 0 Å². The van der Waals surface area contributed by atoms with Crippen molar-refractivity contribution < 1.29 is 0 Å². The molecule has 0 aromatic heterocycles. The van der Waals surface area contributed by atoms with Gasteiger partial charge in [-0.1, -0.05) is 24.3 Å². The Morgan fingerprint density at radius 1 is 0.688 bits per heavy atom. The molecule has 0 fully saturated rings. The van der Waals surface area contributed by atoms with Gasteiger partial charge in [-0.15, -0.1) is 0 Å². The van der Waals surface area contributed by atoms with Crippen LogP contribution in [-0.2, 0) is 13.1 Å². The summed E-state index contributed by atoms with van der Waals surface area (Å²) in [5.74, 6) is 0. The first kappa shape index (κ1) is 8.22. The molecule has 0 saturated carbocycles. The Bertz CT molecular complexity index is 607. The molecule has 2 heteroatoms. The minimum absolute atomic E-state index is 0.810. The average Bonchev–Trinajstić information content (AvgIpc) is 2.36. The first-order valence-electron chi connectivity index (χ1n) is 5.50. The molecule has 2 nitrogen and oxygen atoms in total. The van der Waals surface area contributed by atoms with Crippen LogP contribution in [0.1, 0.15) is 22.3 Å². The lowest BCUT2D eigenvalue weighted by atomic mass is 9.90. The fourth-order valence-electron chi connectivity index (χ4n) is 2.66. The van der Waals surface area contributed by atoms with Crippen LogP contribution in [0.15, 0.2) is 34.3 Å². The highest BCUT2D eigenvalue weighted by atomic mass is 14.7. The van der Waals surface area contributed by atoms with Crippen LogP contribution in [0.2, 0.25) is 0 Å². The summed E-state index contributed by atoms with van der Waals surface area (Å²) in [4.78, 5) is 8.78. The van der Waals surface area contributed by atoms with E-state index in [1.165, 1.54) is 33.0 Å². The molecule has 0 N–H and O–H groups in total. The Morgan fingerprint density at radius 2 is 1.19 bits per heavy atom. The van der Waals surface area contributed by atoms with Gasteiger partial charge in [0, 0.05) is 23.6 Å². The number of hydrogen-bond acceptors (Lipinski definition) is 2. The molecule has 0 bridgehead atoms. The maximum absolute atomic E-state index is 4.39. The molecule has 16 heavy (non-hydrogen) atoms. The van der Waals surface area contributed by atoms with E-state index in [0.29, 0.717) is 0 Å². The Morgan fingerprint density at radius 3 is 1.69 bits per heavy atom. The second-order valence-corrected chi connectivity index (χ2v) is 4.32. The van der Waals surface area contributed by atoms with Crippen LogP contribution in [0.4, 0.5) is 0 Å². The van der Waals surface area contributed by atoms with E-state index >= 15 is 0 Å². The predicted octanol–water partition coefficient (Wildman–Crippen LogP) is 2.70. The molecule has 2 aromatic carbocycles. The number of benzene rings is 2. The Kier molecular flexibility index (Phi) is 1.43. The molecule has 0 spiro atoms. The quantitative estimate of drug-likeness (QED) is 0.633. The van der Waals surface area contributed by atoms with Crippen molar-refractivity contribution in [2.75, 3.05) is 0 Å². The second-order valence-electron chi connectivity index (χ2n) is 4.32. The van der Waals surface area contributed by atoms with Crippen molar-refractivity contribution in [1.82, 2.24) is 0 Å². The number of aliphatic imine (C=N–C) groups is 2. The molecule has 0 unspecified atom stereocenters. The van der Waals surface area contributed by atoms with Gasteiger partial charge in [0.1, 0.15) is 0 Å². The third kappa shape index (κ3) is 0.915. The van der Waals surface area contributed by atoms with Gasteiger partial charge in [-0.05, 0) is 21.9 Å². The molecule has 4 rings (SSSR count). The largest absolute Gasteiger partial charge is 0.288 e. The van der Waals surface area contributed by atoms with Crippen LogP contribution in [0.5, 0.6) is 0 Å². The number of hydrogen-bond donors (Lipinski definition) is 0. The van der Waals surface area contributed by atoms with Crippen LogP contribution >= 0.6 is 0 Å². The zero-order valence-corrected chi connectivity index (χ0v) is 8.77.